The van der Waals surface area contributed by atoms with Crippen LogP contribution in [0.5, 0.6) is 0 Å². The second kappa shape index (κ2) is 4.57. The molecule has 0 amide bonds. The van der Waals surface area contributed by atoms with Gasteiger partial charge in [-0.3, -0.25) is 9.00 Å². The molecule has 1 aromatic rings. The van der Waals surface area contributed by atoms with Gasteiger partial charge in [0.25, 0.3) is 0 Å². The summed E-state index contributed by atoms with van der Waals surface area (Å²) < 4.78 is 11.7. The number of hydrogen-bond donors (Lipinski definition) is 1. The summed E-state index contributed by atoms with van der Waals surface area (Å²) in [5, 5.41) is 8.05. The molecule has 0 aliphatic carbocycles. The van der Waals surface area contributed by atoms with Gasteiger partial charge in [-0.1, -0.05) is 23.7 Å². The highest BCUT2D eigenvalue weighted by molar-refractivity contribution is 7.86. The van der Waals surface area contributed by atoms with Crippen molar-refractivity contribution in [2.24, 2.45) is 0 Å². The van der Waals surface area contributed by atoms with Crippen LogP contribution in [0.15, 0.2) is 29.2 Å². The fourth-order valence-corrected chi connectivity index (χ4v) is 2.29. The zero-order valence-electron chi connectivity index (χ0n) is 7.44. The Balaban J connectivity index is 3.01. The van der Waals surface area contributed by atoms with Crippen LogP contribution >= 0.6 is 11.6 Å². The Morgan fingerprint density at radius 3 is 2.57 bits per heavy atom. The largest absolute Gasteiger partial charge is 0.480 e. The van der Waals surface area contributed by atoms with Gasteiger partial charge < -0.3 is 5.11 Å². The zero-order valence-corrected chi connectivity index (χ0v) is 9.01. The molecular weight excluding hydrogens is 224 g/mol. The van der Waals surface area contributed by atoms with E-state index in [1.807, 2.05) is 0 Å². The van der Waals surface area contributed by atoms with Crippen molar-refractivity contribution in [2.45, 2.75) is 17.1 Å². The van der Waals surface area contributed by atoms with Gasteiger partial charge in [0.05, 0.1) is 20.7 Å². The quantitative estimate of drug-likeness (QED) is 0.866. The molecule has 14 heavy (non-hydrogen) atoms. The number of rotatable bonds is 3. The molecule has 0 radical (unpaired) electrons. The first-order valence-electron chi connectivity index (χ1n) is 3.92. The lowest BCUT2D eigenvalue weighted by Gasteiger charge is -2.07. The van der Waals surface area contributed by atoms with E-state index in [2.05, 4.69) is 0 Å². The van der Waals surface area contributed by atoms with E-state index >= 15 is 0 Å². The SMILES string of the molecule is CC(C(=O)O)S(=O)c1ccccc1Cl. The Kier molecular flexibility index (Phi) is 3.66. The first-order valence-corrected chi connectivity index (χ1v) is 5.51. The maximum Gasteiger partial charge on any atom is 0.319 e. The van der Waals surface area contributed by atoms with E-state index in [4.69, 9.17) is 16.7 Å². The topological polar surface area (TPSA) is 54.4 Å². The van der Waals surface area contributed by atoms with Gasteiger partial charge >= 0.3 is 5.97 Å². The van der Waals surface area contributed by atoms with Crippen molar-refractivity contribution in [3.05, 3.63) is 29.3 Å². The van der Waals surface area contributed by atoms with E-state index in [9.17, 15) is 9.00 Å². The van der Waals surface area contributed by atoms with Crippen LogP contribution in [0, 0.1) is 0 Å². The van der Waals surface area contributed by atoms with E-state index in [-0.39, 0.29) is 0 Å². The molecule has 0 saturated heterocycles. The third kappa shape index (κ3) is 2.33. The molecule has 0 saturated carbocycles. The van der Waals surface area contributed by atoms with Crippen molar-refractivity contribution in [1.82, 2.24) is 0 Å². The van der Waals surface area contributed by atoms with Crippen LogP contribution in [-0.4, -0.2) is 20.5 Å². The van der Waals surface area contributed by atoms with Crippen molar-refractivity contribution < 1.29 is 14.1 Å². The van der Waals surface area contributed by atoms with E-state index in [0.717, 1.165) is 0 Å². The summed E-state index contributed by atoms with van der Waals surface area (Å²) >= 11 is 5.78. The molecule has 0 aromatic heterocycles. The van der Waals surface area contributed by atoms with Crippen LogP contribution in [0.25, 0.3) is 0 Å². The molecule has 0 aliphatic rings. The molecule has 1 N–H and O–H groups in total. The molecule has 0 fully saturated rings. The lowest BCUT2D eigenvalue weighted by Crippen LogP contribution is -2.21. The highest BCUT2D eigenvalue weighted by atomic mass is 35.5. The second-order valence-corrected chi connectivity index (χ2v) is 4.86. The van der Waals surface area contributed by atoms with Crippen LogP contribution in [-0.2, 0) is 15.6 Å². The molecule has 1 aromatic carbocycles. The molecule has 76 valence electrons. The Bertz CT molecular complexity index is 378. The van der Waals surface area contributed by atoms with Crippen LogP contribution in [0.1, 0.15) is 6.92 Å². The fraction of sp³-hybridized carbons (Fsp3) is 0.222. The van der Waals surface area contributed by atoms with Crippen LogP contribution in [0.3, 0.4) is 0 Å². The van der Waals surface area contributed by atoms with E-state index in [1.165, 1.54) is 6.92 Å². The fourth-order valence-electron chi connectivity index (χ4n) is 0.890. The van der Waals surface area contributed by atoms with E-state index < -0.39 is 22.0 Å². The van der Waals surface area contributed by atoms with Gasteiger partial charge in [0.15, 0.2) is 0 Å². The first-order chi connectivity index (χ1) is 6.54. The van der Waals surface area contributed by atoms with Crippen molar-refractivity contribution in [1.29, 1.82) is 0 Å². The smallest absolute Gasteiger partial charge is 0.319 e. The summed E-state index contributed by atoms with van der Waals surface area (Å²) in [5.74, 6) is -1.09. The predicted molar refractivity (Wildman–Crippen MR) is 55.0 cm³/mol. The van der Waals surface area contributed by atoms with Gasteiger partial charge in [0.2, 0.25) is 0 Å². The van der Waals surface area contributed by atoms with E-state index in [0.29, 0.717) is 9.92 Å². The molecule has 0 spiro atoms. The molecule has 5 heteroatoms. The van der Waals surface area contributed by atoms with Gasteiger partial charge in [0, 0.05) is 0 Å². The molecule has 3 nitrogen and oxygen atoms in total. The number of aliphatic carboxylic acids is 1. The Morgan fingerprint density at radius 2 is 2.07 bits per heavy atom. The molecule has 2 unspecified atom stereocenters. The molecule has 0 heterocycles. The average Bonchev–Trinajstić information content (AvgIpc) is 2.16. The van der Waals surface area contributed by atoms with Gasteiger partial charge in [-0.2, -0.15) is 0 Å². The van der Waals surface area contributed by atoms with Gasteiger partial charge in [-0.15, -0.1) is 0 Å². The lowest BCUT2D eigenvalue weighted by molar-refractivity contribution is -0.136. The van der Waals surface area contributed by atoms with Crippen molar-refractivity contribution in [3.8, 4) is 0 Å². The maximum absolute atomic E-state index is 11.7. The number of hydrogen-bond acceptors (Lipinski definition) is 2. The Morgan fingerprint density at radius 1 is 1.50 bits per heavy atom. The molecular formula is C9H9ClO3S. The summed E-state index contributed by atoms with van der Waals surface area (Å²) in [6, 6.07) is 6.53. The van der Waals surface area contributed by atoms with Gasteiger partial charge in [-0.25, -0.2) is 0 Å². The minimum absolute atomic E-state index is 0.332. The van der Waals surface area contributed by atoms with Crippen molar-refractivity contribution in [3.63, 3.8) is 0 Å². The minimum atomic E-state index is -1.60. The van der Waals surface area contributed by atoms with Crippen LogP contribution in [0.4, 0.5) is 0 Å². The normalized spacial score (nSPS) is 14.7. The standard InChI is InChI=1S/C9H9ClO3S/c1-6(9(11)12)14(13)8-5-3-2-4-7(8)10/h2-6H,1H3,(H,11,12). The summed E-state index contributed by atoms with van der Waals surface area (Å²) in [7, 11) is -1.60. The molecule has 0 bridgehead atoms. The average molecular weight is 233 g/mol. The van der Waals surface area contributed by atoms with Crippen LogP contribution < -0.4 is 0 Å². The van der Waals surface area contributed by atoms with Crippen LogP contribution in [0.2, 0.25) is 5.02 Å². The predicted octanol–water partition coefficient (Wildman–Crippen LogP) is 1.92. The monoisotopic (exact) mass is 232 g/mol. The number of benzene rings is 1. The van der Waals surface area contributed by atoms with Crippen molar-refractivity contribution in [2.75, 3.05) is 0 Å². The summed E-state index contributed by atoms with van der Waals surface area (Å²) in [5.41, 5.74) is 0. The number of carboxylic acids is 1. The highest BCUT2D eigenvalue weighted by Gasteiger charge is 2.21. The second-order valence-electron chi connectivity index (χ2n) is 2.71. The first kappa shape index (κ1) is 11.2. The highest BCUT2D eigenvalue weighted by Crippen LogP contribution is 2.21. The molecule has 2 atom stereocenters. The maximum atomic E-state index is 11.7. The third-order valence-electron chi connectivity index (χ3n) is 1.72. The summed E-state index contributed by atoms with van der Waals surface area (Å²) in [6.45, 7) is 1.39. The third-order valence-corrected chi connectivity index (χ3v) is 3.80. The molecule has 0 aliphatic heterocycles. The zero-order chi connectivity index (χ0) is 10.7. The lowest BCUT2D eigenvalue weighted by atomic mass is 10.4. The Hall–Kier alpha value is -0.870. The summed E-state index contributed by atoms with van der Waals surface area (Å²) in [6.07, 6.45) is 0. The van der Waals surface area contributed by atoms with Crippen molar-refractivity contribution >= 4 is 28.4 Å². The summed E-state index contributed by atoms with van der Waals surface area (Å²) in [4.78, 5) is 11.0. The Labute approximate surface area is 89.2 Å². The van der Waals surface area contributed by atoms with E-state index in [1.54, 1.807) is 24.3 Å². The molecule has 1 rings (SSSR count). The number of carbonyl (C=O) groups is 1. The number of halogens is 1. The number of carboxylic acid groups (broad SMARTS) is 1. The minimum Gasteiger partial charge on any atom is -0.480 e. The van der Waals surface area contributed by atoms with Gasteiger partial charge in [-0.05, 0) is 19.1 Å². The van der Waals surface area contributed by atoms with Gasteiger partial charge in [0.1, 0.15) is 5.25 Å².